The molecule has 0 amide bonds. The fourth-order valence-corrected chi connectivity index (χ4v) is 8.61. The molecule has 10 atom stereocenters. The van der Waals surface area contributed by atoms with Gasteiger partial charge in [-0.25, -0.2) is 9.59 Å². The maximum atomic E-state index is 14.4. The standard InChI is InChI=1S/C37H41NO14S/c1-15-11-17(46-4)12-21-18(15)7-8-23(40)27(21)35(44)51-32-31(52-36-28(38-3)30(42)29(41)16(2)48-36)20-6-5-19-22(26(20)33(32)53-10-9-39)13-24(49-34(19)43)25-14-47-37(45)50-25/h5-8,11-13,16,25,28-34,36,38-43H,9-10,14H2,1-4H3/t16-,25-,28-,29+,30-,31-,32+,33+,34?,36?/m1/s1. The number of benzene rings is 3. The third-order valence-electron chi connectivity index (χ3n) is 10.1. The lowest BCUT2D eigenvalue weighted by atomic mass is 9.94. The van der Waals surface area contributed by atoms with Gasteiger partial charge in [-0.1, -0.05) is 18.2 Å². The number of carbonyl (C=O) groups is 2. The van der Waals surface area contributed by atoms with E-state index in [0.29, 0.717) is 38.8 Å². The molecule has 7 rings (SSSR count). The zero-order valence-corrected chi connectivity index (χ0v) is 30.1. The van der Waals surface area contributed by atoms with Gasteiger partial charge in [-0.05, 0) is 72.8 Å². The van der Waals surface area contributed by atoms with Crippen molar-refractivity contribution in [2.75, 3.05) is 33.1 Å². The van der Waals surface area contributed by atoms with Crippen LogP contribution in [-0.2, 0) is 28.4 Å². The highest BCUT2D eigenvalue weighted by atomic mass is 32.2. The summed E-state index contributed by atoms with van der Waals surface area (Å²) < 4.78 is 40.5. The van der Waals surface area contributed by atoms with Crippen molar-refractivity contribution in [3.8, 4) is 11.5 Å². The van der Waals surface area contributed by atoms with Crippen LogP contribution in [0.2, 0.25) is 0 Å². The van der Waals surface area contributed by atoms with Gasteiger partial charge in [-0.15, -0.1) is 11.8 Å². The van der Waals surface area contributed by atoms with Gasteiger partial charge in [0, 0.05) is 16.7 Å². The molecule has 284 valence electrons. The number of ether oxygens (including phenoxy) is 7. The molecule has 2 fully saturated rings. The molecule has 2 unspecified atom stereocenters. The average Bonchev–Trinajstić information content (AvgIpc) is 3.70. The van der Waals surface area contributed by atoms with Gasteiger partial charge in [0.25, 0.3) is 0 Å². The molecule has 3 aliphatic heterocycles. The number of cyclic esters (lactones) is 2. The highest BCUT2D eigenvalue weighted by molar-refractivity contribution is 7.99. The third-order valence-corrected chi connectivity index (χ3v) is 11.4. The third kappa shape index (κ3) is 6.67. The summed E-state index contributed by atoms with van der Waals surface area (Å²) in [6.07, 6.45) is -8.35. The van der Waals surface area contributed by atoms with E-state index in [2.05, 4.69) is 5.32 Å². The van der Waals surface area contributed by atoms with Crippen LogP contribution in [0.3, 0.4) is 0 Å². The summed E-state index contributed by atoms with van der Waals surface area (Å²) in [5.74, 6) is -0.386. The number of aromatic hydroxyl groups is 1. The van der Waals surface area contributed by atoms with Crippen LogP contribution in [0.25, 0.3) is 16.8 Å². The number of hydrogen-bond acceptors (Lipinski definition) is 16. The number of likely N-dealkylation sites (N-methyl/N-ethyl adjacent to an activating group) is 1. The molecule has 6 N–H and O–H groups in total. The van der Waals surface area contributed by atoms with Gasteiger partial charge in [-0.3, -0.25) is 0 Å². The summed E-state index contributed by atoms with van der Waals surface area (Å²) in [5.41, 5.74) is 2.69. The number of rotatable bonds is 10. The average molecular weight is 756 g/mol. The number of carbonyl (C=O) groups excluding carboxylic acids is 2. The van der Waals surface area contributed by atoms with Crippen LogP contribution >= 0.6 is 11.8 Å². The Morgan fingerprint density at radius 2 is 1.83 bits per heavy atom. The van der Waals surface area contributed by atoms with E-state index in [4.69, 9.17) is 33.2 Å². The van der Waals surface area contributed by atoms with Gasteiger partial charge in [-0.2, -0.15) is 0 Å². The smallest absolute Gasteiger partial charge is 0.507 e. The van der Waals surface area contributed by atoms with Crippen molar-refractivity contribution < 1.29 is 68.3 Å². The van der Waals surface area contributed by atoms with Gasteiger partial charge in [0.05, 0.1) is 31.1 Å². The van der Waals surface area contributed by atoms with Gasteiger partial charge in [0.1, 0.15) is 53.8 Å². The number of aryl methyl sites for hydroxylation is 1. The number of methoxy groups -OCH3 is 1. The summed E-state index contributed by atoms with van der Waals surface area (Å²) in [6.45, 7) is 3.09. The summed E-state index contributed by atoms with van der Waals surface area (Å²) in [4.78, 5) is 26.2. The Bertz CT molecular complexity index is 1940. The molecular formula is C37H41NO14S. The first-order valence-electron chi connectivity index (χ1n) is 17.1. The van der Waals surface area contributed by atoms with E-state index in [1.807, 2.05) is 13.0 Å². The van der Waals surface area contributed by atoms with Crippen LogP contribution in [0.15, 0.2) is 42.2 Å². The predicted molar refractivity (Wildman–Crippen MR) is 188 cm³/mol. The van der Waals surface area contributed by atoms with Crippen molar-refractivity contribution in [2.45, 2.75) is 74.3 Å². The topological polar surface area (TPSA) is 212 Å². The van der Waals surface area contributed by atoms with Crippen molar-refractivity contribution in [2.24, 2.45) is 0 Å². The van der Waals surface area contributed by atoms with Crippen LogP contribution in [0, 0.1) is 6.92 Å². The number of aliphatic hydroxyl groups excluding tert-OH is 4. The normalized spacial score (nSPS) is 30.5. The van der Waals surface area contributed by atoms with Crippen LogP contribution in [0.5, 0.6) is 11.5 Å². The quantitative estimate of drug-likeness (QED) is 0.164. The second kappa shape index (κ2) is 14.9. The van der Waals surface area contributed by atoms with Gasteiger partial charge in [0.2, 0.25) is 6.29 Å². The first kappa shape index (κ1) is 37.2. The molecule has 3 heterocycles. The molecule has 0 saturated carbocycles. The van der Waals surface area contributed by atoms with Crippen molar-refractivity contribution in [3.05, 3.63) is 75.5 Å². The Morgan fingerprint density at radius 1 is 1.06 bits per heavy atom. The predicted octanol–water partition coefficient (Wildman–Crippen LogP) is 2.88. The molecule has 4 aliphatic rings. The number of hydrogen-bond donors (Lipinski definition) is 6. The molecular weight excluding hydrogens is 714 g/mol. The minimum atomic E-state index is -1.46. The van der Waals surface area contributed by atoms with E-state index in [1.165, 1.54) is 24.9 Å². The minimum Gasteiger partial charge on any atom is -0.507 e. The van der Waals surface area contributed by atoms with Crippen molar-refractivity contribution >= 4 is 40.7 Å². The molecule has 15 nitrogen and oxygen atoms in total. The molecule has 1 aliphatic carbocycles. The van der Waals surface area contributed by atoms with Crippen LogP contribution in [0.4, 0.5) is 4.79 Å². The fourth-order valence-electron chi connectivity index (χ4n) is 7.44. The summed E-state index contributed by atoms with van der Waals surface area (Å²) >= 11 is 1.27. The minimum absolute atomic E-state index is 0.101. The first-order valence-corrected chi connectivity index (χ1v) is 18.1. The Balaban J connectivity index is 1.37. The van der Waals surface area contributed by atoms with Gasteiger partial charge < -0.3 is 64.0 Å². The SMILES string of the molecule is CN[C@H]1C(O[C@@H]2c3ccc4c(c3[C@H](SCCO)[C@H]2OC(=O)c2c(O)ccc3c(C)cc(OC)cc23)C=C([C@H]2COC(=O)O2)OC4O)O[C@H](C)[C@H](O)[C@@H]1O. The van der Waals surface area contributed by atoms with E-state index >= 15 is 0 Å². The lowest BCUT2D eigenvalue weighted by Crippen LogP contribution is -2.62. The molecule has 3 aromatic carbocycles. The van der Waals surface area contributed by atoms with Crippen molar-refractivity contribution in [1.29, 1.82) is 0 Å². The second-order valence-corrected chi connectivity index (χ2v) is 14.5. The fraction of sp³-hybridized carbons (Fsp3) is 0.459. The summed E-state index contributed by atoms with van der Waals surface area (Å²) in [5, 5.41) is 57.2. The van der Waals surface area contributed by atoms with E-state index in [0.717, 1.165) is 5.56 Å². The molecule has 2 saturated heterocycles. The van der Waals surface area contributed by atoms with Crippen molar-refractivity contribution in [1.82, 2.24) is 5.32 Å². The molecule has 0 radical (unpaired) electrons. The lowest BCUT2D eigenvalue weighted by Gasteiger charge is -2.42. The Hall–Kier alpha value is -4.13. The molecule has 53 heavy (non-hydrogen) atoms. The highest BCUT2D eigenvalue weighted by Crippen LogP contribution is 2.55. The molecule has 0 aromatic heterocycles. The Labute approximate surface area is 308 Å². The van der Waals surface area contributed by atoms with Crippen molar-refractivity contribution in [3.63, 3.8) is 0 Å². The number of esters is 1. The Morgan fingerprint density at radius 3 is 2.53 bits per heavy atom. The van der Waals surface area contributed by atoms with Crippen LogP contribution in [-0.4, -0.2) is 114 Å². The number of fused-ring (bicyclic) bond motifs is 4. The van der Waals surface area contributed by atoms with E-state index in [1.54, 1.807) is 44.3 Å². The lowest BCUT2D eigenvalue weighted by molar-refractivity contribution is -0.281. The zero-order chi connectivity index (χ0) is 37.7. The molecule has 3 aromatic rings. The maximum absolute atomic E-state index is 14.4. The van der Waals surface area contributed by atoms with Gasteiger partial charge >= 0.3 is 12.1 Å². The van der Waals surface area contributed by atoms with Gasteiger partial charge in [0.15, 0.2) is 12.4 Å². The summed E-state index contributed by atoms with van der Waals surface area (Å²) in [7, 11) is 3.08. The molecule has 0 bridgehead atoms. The first-order chi connectivity index (χ1) is 25.4. The zero-order valence-electron chi connectivity index (χ0n) is 29.3. The number of aliphatic hydroxyl groups is 4. The van der Waals surface area contributed by atoms with E-state index < -0.39 is 72.6 Å². The monoisotopic (exact) mass is 755 g/mol. The van der Waals surface area contributed by atoms with Crippen LogP contribution in [0.1, 0.15) is 62.7 Å². The largest absolute Gasteiger partial charge is 0.509 e. The molecule has 0 spiro atoms. The maximum Gasteiger partial charge on any atom is 0.509 e. The van der Waals surface area contributed by atoms with E-state index in [9.17, 15) is 35.1 Å². The number of nitrogens with one attached hydrogen (secondary N) is 1. The Kier molecular flexibility index (Phi) is 10.5. The highest BCUT2D eigenvalue weighted by Gasteiger charge is 2.51. The molecule has 16 heteroatoms. The summed E-state index contributed by atoms with van der Waals surface area (Å²) in [6, 6.07) is 9.00. The number of phenolic OH excluding ortho intramolecular Hbond substituents is 1. The number of thioether (sulfide) groups is 1. The van der Waals surface area contributed by atoms with E-state index in [-0.39, 0.29) is 36.0 Å². The van der Waals surface area contributed by atoms with Crippen LogP contribution < -0.4 is 10.1 Å². The second-order valence-electron chi connectivity index (χ2n) is 13.2. The number of phenols is 1.